The van der Waals surface area contributed by atoms with Crippen LogP contribution in [0.1, 0.15) is 35.9 Å². The summed E-state index contributed by atoms with van der Waals surface area (Å²) in [4.78, 5) is 22.2. The summed E-state index contributed by atoms with van der Waals surface area (Å²) in [5.74, 6) is 0.0961. The number of likely N-dealkylation sites (tertiary alicyclic amines) is 1. The van der Waals surface area contributed by atoms with Crippen LogP contribution in [-0.4, -0.2) is 44.9 Å². The number of nitrogens with two attached hydrogens (primary N) is 1. The van der Waals surface area contributed by atoms with E-state index in [1.165, 1.54) is 6.20 Å². The zero-order chi connectivity index (χ0) is 14.8. The van der Waals surface area contributed by atoms with Gasteiger partial charge in [-0.1, -0.05) is 12.1 Å². The van der Waals surface area contributed by atoms with E-state index in [1.807, 2.05) is 13.8 Å². The number of rotatable bonds is 2. The molecule has 0 bridgehead atoms. The quantitative estimate of drug-likeness (QED) is 0.359. The molecular weight excluding hydrogens is 258 g/mol. The van der Waals surface area contributed by atoms with Crippen LogP contribution in [-0.2, 0) is 0 Å². The van der Waals surface area contributed by atoms with E-state index in [1.54, 1.807) is 11.1 Å². The van der Waals surface area contributed by atoms with E-state index in [-0.39, 0.29) is 17.2 Å². The lowest BCUT2D eigenvalue weighted by atomic mass is 9.79. The van der Waals surface area contributed by atoms with Crippen molar-refractivity contribution in [3.05, 3.63) is 23.8 Å². The third-order valence-corrected chi connectivity index (χ3v) is 3.88. The van der Waals surface area contributed by atoms with Crippen LogP contribution in [0.4, 0.5) is 0 Å². The fraction of sp³-hybridized carbons (Fsp3) is 0.538. The summed E-state index contributed by atoms with van der Waals surface area (Å²) in [6.45, 7) is 4.88. The number of amides is 1. The summed E-state index contributed by atoms with van der Waals surface area (Å²) < 4.78 is 0. The molecule has 3 N–H and O–H groups in total. The lowest BCUT2D eigenvalue weighted by Gasteiger charge is -2.38. The number of amidine groups is 1. The molecule has 108 valence electrons. The van der Waals surface area contributed by atoms with Crippen molar-refractivity contribution in [3.8, 4) is 0 Å². The number of carbonyl (C=O) groups is 1. The third-order valence-electron chi connectivity index (χ3n) is 3.88. The van der Waals surface area contributed by atoms with Gasteiger partial charge in [0.25, 0.3) is 5.91 Å². The molecule has 0 aromatic carbocycles. The Labute approximate surface area is 117 Å². The predicted molar refractivity (Wildman–Crippen MR) is 73.4 cm³/mol. The molecule has 0 aliphatic carbocycles. The smallest absolute Gasteiger partial charge is 0.274 e. The van der Waals surface area contributed by atoms with E-state index in [0.717, 1.165) is 5.69 Å². The maximum Gasteiger partial charge on any atom is 0.274 e. The molecule has 20 heavy (non-hydrogen) atoms. The molecule has 2 heterocycles. The van der Waals surface area contributed by atoms with Crippen LogP contribution >= 0.6 is 0 Å². The van der Waals surface area contributed by atoms with Gasteiger partial charge in [-0.2, -0.15) is 0 Å². The first-order valence-corrected chi connectivity index (χ1v) is 6.52. The number of carbonyl (C=O) groups excluding carboxylic acids is 1. The molecule has 1 aromatic rings. The van der Waals surface area contributed by atoms with Crippen molar-refractivity contribution in [3.63, 3.8) is 0 Å². The monoisotopic (exact) mass is 277 g/mol. The summed E-state index contributed by atoms with van der Waals surface area (Å²) in [5, 5.41) is 11.9. The molecule has 1 fully saturated rings. The first-order chi connectivity index (χ1) is 9.46. The molecule has 1 amide bonds. The SMILES string of the molecule is Cc1cnc(C(=O)N2CCC(C)(C(N)=NO)CC2)cn1. The molecule has 7 heteroatoms. The number of piperidine rings is 1. The topological polar surface area (TPSA) is 105 Å². The van der Waals surface area contributed by atoms with Crippen molar-refractivity contribution in [2.45, 2.75) is 26.7 Å². The molecule has 1 aliphatic heterocycles. The molecule has 1 saturated heterocycles. The molecule has 0 saturated carbocycles. The fourth-order valence-electron chi connectivity index (χ4n) is 2.25. The lowest BCUT2D eigenvalue weighted by Crippen LogP contribution is -2.47. The molecule has 0 radical (unpaired) electrons. The van der Waals surface area contributed by atoms with Crippen LogP contribution in [0.25, 0.3) is 0 Å². The first-order valence-electron chi connectivity index (χ1n) is 6.52. The Bertz CT molecular complexity index is 518. The highest BCUT2D eigenvalue weighted by Gasteiger charge is 2.36. The highest BCUT2D eigenvalue weighted by molar-refractivity contribution is 5.92. The van der Waals surface area contributed by atoms with Crippen molar-refractivity contribution in [2.75, 3.05) is 13.1 Å². The van der Waals surface area contributed by atoms with Crippen LogP contribution in [0.15, 0.2) is 17.5 Å². The summed E-state index contributed by atoms with van der Waals surface area (Å²) in [5.41, 5.74) is 6.48. The number of hydrogen-bond donors (Lipinski definition) is 2. The van der Waals surface area contributed by atoms with Crippen LogP contribution in [0.5, 0.6) is 0 Å². The summed E-state index contributed by atoms with van der Waals surface area (Å²) >= 11 is 0. The maximum atomic E-state index is 12.3. The Balaban J connectivity index is 2.04. The second kappa shape index (κ2) is 5.44. The van der Waals surface area contributed by atoms with Gasteiger partial charge >= 0.3 is 0 Å². The highest BCUT2D eigenvalue weighted by atomic mass is 16.4. The van der Waals surface area contributed by atoms with Crippen LogP contribution in [0.2, 0.25) is 0 Å². The normalized spacial score (nSPS) is 18.9. The Morgan fingerprint density at radius 1 is 1.40 bits per heavy atom. The van der Waals surface area contributed by atoms with Gasteiger partial charge in [0.15, 0.2) is 0 Å². The number of aryl methyl sites for hydroxylation is 1. The van der Waals surface area contributed by atoms with Gasteiger partial charge in [-0.05, 0) is 19.8 Å². The molecule has 1 aromatic heterocycles. The van der Waals surface area contributed by atoms with E-state index in [9.17, 15) is 4.79 Å². The number of oxime groups is 1. The highest BCUT2D eigenvalue weighted by Crippen LogP contribution is 2.31. The van der Waals surface area contributed by atoms with Crippen molar-refractivity contribution in [1.82, 2.24) is 14.9 Å². The average molecular weight is 277 g/mol. The van der Waals surface area contributed by atoms with Gasteiger partial charge in [-0.15, -0.1) is 0 Å². The van der Waals surface area contributed by atoms with Gasteiger partial charge in [0, 0.05) is 24.7 Å². The molecule has 0 atom stereocenters. The van der Waals surface area contributed by atoms with Crippen molar-refractivity contribution in [1.29, 1.82) is 0 Å². The number of nitrogens with zero attached hydrogens (tertiary/aromatic N) is 4. The first kappa shape index (κ1) is 14.2. The van der Waals surface area contributed by atoms with E-state index in [2.05, 4.69) is 15.1 Å². The van der Waals surface area contributed by atoms with Gasteiger partial charge in [0.1, 0.15) is 11.5 Å². The Kier molecular flexibility index (Phi) is 3.87. The van der Waals surface area contributed by atoms with E-state index >= 15 is 0 Å². The number of aromatic nitrogens is 2. The van der Waals surface area contributed by atoms with Crippen molar-refractivity contribution >= 4 is 11.7 Å². The minimum atomic E-state index is -0.357. The summed E-state index contributed by atoms with van der Waals surface area (Å²) in [6, 6.07) is 0. The fourth-order valence-corrected chi connectivity index (χ4v) is 2.25. The average Bonchev–Trinajstić information content (AvgIpc) is 2.47. The predicted octanol–water partition coefficient (Wildman–Crippen LogP) is 0.774. The van der Waals surface area contributed by atoms with Gasteiger partial charge in [-0.25, -0.2) is 4.98 Å². The van der Waals surface area contributed by atoms with Gasteiger partial charge in [0.2, 0.25) is 0 Å². The van der Waals surface area contributed by atoms with E-state index in [4.69, 9.17) is 10.9 Å². The zero-order valence-corrected chi connectivity index (χ0v) is 11.7. The largest absolute Gasteiger partial charge is 0.409 e. The molecule has 1 aliphatic rings. The second-order valence-corrected chi connectivity index (χ2v) is 5.38. The van der Waals surface area contributed by atoms with Gasteiger partial charge in [0.05, 0.1) is 11.9 Å². The standard InChI is InChI=1S/C13H19N5O2/c1-9-7-16-10(8-15-9)11(19)18-5-3-13(2,4-6-18)12(14)17-20/h7-8,20H,3-6H2,1-2H3,(H2,14,17). The third kappa shape index (κ3) is 2.71. The van der Waals surface area contributed by atoms with Crippen LogP contribution in [0.3, 0.4) is 0 Å². The Morgan fingerprint density at radius 2 is 2.05 bits per heavy atom. The van der Waals surface area contributed by atoms with Crippen LogP contribution in [0, 0.1) is 12.3 Å². The Hall–Kier alpha value is -2.18. The Morgan fingerprint density at radius 3 is 2.55 bits per heavy atom. The maximum absolute atomic E-state index is 12.3. The molecule has 7 nitrogen and oxygen atoms in total. The molecule has 0 spiro atoms. The number of hydrogen-bond acceptors (Lipinski definition) is 5. The van der Waals surface area contributed by atoms with Gasteiger partial charge < -0.3 is 15.8 Å². The molecular formula is C13H19N5O2. The zero-order valence-electron chi connectivity index (χ0n) is 11.7. The lowest BCUT2D eigenvalue weighted by molar-refractivity contribution is 0.0660. The summed E-state index contributed by atoms with van der Waals surface area (Å²) in [6.07, 6.45) is 4.40. The molecule has 2 rings (SSSR count). The van der Waals surface area contributed by atoms with Crippen LogP contribution < -0.4 is 5.73 Å². The van der Waals surface area contributed by atoms with Crippen molar-refractivity contribution in [2.24, 2.45) is 16.3 Å². The van der Waals surface area contributed by atoms with E-state index < -0.39 is 0 Å². The second-order valence-electron chi connectivity index (χ2n) is 5.38. The molecule has 0 unspecified atom stereocenters. The van der Waals surface area contributed by atoms with E-state index in [0.29, 0.717) is 31.6 Å². The minimum Gasteiger partial charge on any atom is -0.409 e. The van der Waals surface area contributed by atoms with Crippen molar-refractivity contribution < 1.29 is 10.0 Å². The summed E-state index contributed by atoms with van der Waals surface area (Å²) in [7, 11) is 0. The minimum absolute atomic E-state index is 0.126. The van der Waals surface area contributed by atoms with Gasteiger partial charge in [-0.3, -0.25) is 9.78 Å².